The van der Waals surface area contributed by atoms with E-state index in [1.807, 2.05) is 44.3 Å². The number of carbonyl (C=O) groups is 2. The molecule has 3 rings (SSSR count). The van der Waals surface area contributed by atoms with E-state index in [2.05, 4.69) is 4.57 Å². The van der Waals surface area contributed by atoms with Crippen LogP contribution in [0.5, 0.6) is 0 Å². The number of aryl methyl sites for hydroxylation is 1. The first kappa shape index (κ1) is 23.1. The van der Waals surface area contributed by atoms with Crippen molar-refractivity contribution in [2.45, 2.75) is 32.9 Å². The molecule has 0 aliphatic carbocycles. The van der Waals surface area contributed by atoms with Gasteiger partial charge in [0.2, 0.25) is 0 Å². The first-order valence-corrected chi connectivity index (χ1v) is 10.8. The highest BCUT2D eigenvalue weighted by molar-refractivity contribution is 5.98. The summed E-state index contributed by atoms with van der Waals surface area (Å²) in [6.45, 7) is 6.38. The second-order valence-corrected chi connectivity index (χ2v) is 8.57. The fourth-order valence-corrected chi connectivity index (χ4v) is 4.35. The molecule has 1 aliphatic rings. The maximum atomic E-state index is 13.4. The average Bonchev–Trinajstić information content (AvgIpc) is 3.35. The molecule has 1 saturated heterocycles. The van der Waals surface area contributed by atoms with Crippen molar-refractivity contribution < 1.29 is 24.5 Å². The summed E-state index contributed by atoms with van der Waals surface area (Å²) in [7, 11) is 1.69. The van der Waals surface area contributed by atoms with E-state index in [4.69, 9.17) is 4.74 Å². The van der Waals surface area contributed by atoms with Gasteiger partial charge in [0.1, 0.15) is 0 Å². The maximum absolute atomic E-state index is 13.4. The molecule has 0 bridgehead atoms. The van der Waals surface area contributed by atoms with E-state index in [9.17, 15) is 19.8 Å². The molecular formula is C23H33N3O5. The first-order chi connectivity index (χ1) is 14.8. The van der Waals surface area contributed by atoms with Crippen molar-refractivity contribution in [3.8, 4) is 0 Å². The summed E-state index contributed by atoms with van der Waals surface area (Å²) in [5.74, 6) is -0.327. The number of aliphatic hydroxyl groups is 1. The van der Waals surface area contributed by atoms with Crippen LogP contribution in [0.3, 0.4) is 0 Å². The first-order valence-electron chi connectivity index (χ1n) is 10.8. The van der Waals surface area contributed by atoms with Crippen molar-refractivity contribution in [2.24, 2.45) is 11.8 Å². The SMILES string of the molecule is COCCCn1ccc2ccc(C(=O)N(C[C@@H]3CN(C(=O)O)C[C@H]3CO)C(C)C)cc21. The van der Waals surface area contributed by atoms with Gasteiger partial charge in [0, 0.05) is 81.7 Å². The van der Waals surface area contributed by atoms with Gasteiger partial charge in [-0.25, -0.2) is 4.79 Å². The minimum Gasteiger partial charge on any atom is -0.465 e. The van der Waals surface area contributed by atoms with Gasteiger partial charge in [-0.2, -0.15) is 0 Å². The number of benzene rings is 1. The molecule has 8 heteroatoms. The summed E-state index contributed by atoms with van der Waals surface area (Å²) in [5, 5.41) is 20.1. The summed E-state index contributed by atoms with van der Waals surface area (Å²) in [4.78, 5) is 27.9. The predicted octanol–water partition coefficient (Wildman–Crippen LogP) is 2.75. The average molecular weight is 432 g/mol. The van der Waals surface area contributed by atoms with E-state index < -0.39 is 6.09 Å². The lowest BCUT2D eigenvalue weighted by molar-refractivity contribution is 0.0643. The van der Waals surface area contributed by atoms with Crippen LogP contribution in [0.2, 0.25) is 0 Å². The largest absolute Gasteiger partial charge is 0.465 e. The number of hydrogen-bond donors (Lipinski definition) is 2. The van der Waals surface area contributed by atoms with Crippen LogP contribution in [0.15, 0.2) is 30.5 Å². The third-order valence-corrected chi connectivity index (χ3v) is 6.17. The zero-order chi connectivity index (χ0) is 22.5. The van der Waals surface area contributed by atoms with Gasteiger partial charge >= 0.3 is 6.09 Å². The van der Waals surface area contributed by atoms with Crippen molar-refractivity contribution in [1.82, 2.24) is 14.4 Å². The van der Waals surface area contributed by atoms with Gasteiger partial charge in [-0.15, -0.1) is 0 Å². The van der Waals surface area contributed by atoms with E-state index in [1.54, 1.807) is 12.0 Å². The van der Waals surface area contributed by atoms with Crippen LogP contribution in [0.4, 0.5) is 4.79 Å². The predicted molar refractivity (Wildman–Crippen MR) is 118 cm³/mol. The highest BCUT2D eigenvalue weighted by Crippen LogP contribution is 2.26. The molecule has 0 saturated carbocycles. The summed E-state index contributed by atoms with van der Waals surface area (Å²) in [6, 6.07) is 7.74. The molecular weight excluding hydrogens is 398 g/mol. The van der Waals surface area contributed by atoms with Gasteiger partial charge in [-0.1, -0.05) is 6.07 Å². The number of ether oxygens (including phenoxy) is 1. The number of aliphatic hydroxyl groups excluding tert-OH is 1. The van der Waals surface area contributed by atoms with Crippen molar-refractivity contribution in [2.75, 3.05) is 40.0 Å². The van der Waals surface area contributed by atoms with Crippen LogP contribution in [-0.2, 0) is 11.3 Å². The van der Waals surface area contributed by atoms with Crippen LogP contribution in [-0.4, -0.2) is 82.6 Å². The maximum Gasteiger partial charge on any atom is 0.407 e. The number of aromatic nitrogens is 1. The smallest absolute Gasteiger partial charge is 0.407 e. The molecule has 2 aromatic rings. The summed E-state index contributed by atoms with van der Waals surface area (Å²) in [5.41, 5.74) is 1.62. The van der Waals surface area contributed by atoms with E-state index in [0.29, 0.717) is 31.8 Å². The van der Waals surface area contributed by atoms with Crippen molar-refractivity contribution >= 4 is 22.9 Å². The summed E-state index contributed by atoms with van der Waals surface area (Å²) >= 11 is 0. The number of amides is 2. The fourth-order valence-electron chi connectivity index (χ4n) is 4.35. The van der Waals surface area contributed by atoms with E-state index in [0.717, 1.165) is 23.9 Å². The Morgan fingerprint density at radius 2 is 1.97 bits per heavy atom. The van der Waals surface area contributed by atoms with Gasteiger partial charge in [0.25, 0.3) is 5.91 Å². The highest BCUT2D eigenvalue weighted by atomic mass is 16.5. The third kappa shape index (κ3) is 5.19. The molecule has 0 radical (unpaired) electrons. The number of nitrogens with zero attached hydrogens (tertiary/aromatic N) is 3. The Hall–Kier alpha value is -2.58. The van der Waals surface area contributed by atoms with Gasteiger partial charge < -0.3 is 29.3 Å². The highest BCUT2D eigenvalue weighted by Gasteiger charge is 2.37. The normalized spacial score (nSPS) is 18.8. The standard InChI is InChI=1S/C23H33N3O5/c1-16(2)26(14-19-12-25(23(29)30)13-20(19)15-27)22(28)18-6-5-17-7-9-24(21(17)11-18)8-4-10-31-3/h5-7,9,11,16,19-20,27H,4,8,10,12-15H2,1-3H3,(H,29,30)/t19-,20-/m0/s1. The van der Waals surface area contributed by atoms with Crippen molar-refractivity contribution in [3.63, 3.8) is 0 Å². The topological polar surface area (TPSA) is 95.2 Å². The quantitative estimate of drug-likeness (QED) is 0.596. The lowest BCUT2D eigenvalue weighted by atomic mass is 9.95. The van der Waals surface area contributed by atoms with Crippen LogP contribution in [0.25, 0.3) is 10.9 Å². The molecule has 170 valence electrons. The molecule has 1 aromatic carbocycles. The van der Waals surface area contributed by atoms with E-state index in [1.165, 1.54) is 4.90 Å². The number of carboxylic acid groups (broad SMARTS) is 1. The van der Waals surface area contributed by atoms with Crippen LogP contribution in [0.1, 0.15) is 30.6 Å². The molecule has 2 atom stereocenters. The Morgan fingerprint density at radius 1 is 1.23 bits per heavy atom. The van der Waals surface area contributed by atoms with Crippen molar-refractivity contribution in [1.29, 1.82) is 0 Å². The van der Waals surface area contributed by atoms with Gasteiger partial charge in [-0.3, -0.25) is 4.79 Å². The third-order valence-electron chi connectivity index (χ3n) is 6.17. The molecule has 8 nitrogen and oxygen atoms in total. The molecule has 2 amide bonds. The Balaban J connectivity index is 1.80. The summed E-state index contributed by atoms with van der Waals surface area (Å²) < 4.78 is 7.28. The number of rotatable bonds is 9. The molecule has 1 fully saturated rings. The minimum absolute atomic E-state index is 0.0464. The molecule has 1 aromatic heterocycles. The van der Waals surface area contributed by atoms with Crippen LogP contribution in [0, 0.1) is 11.8 Å². The zero-order valence-electron chi connectivity index (χ0n) is 18.5. The second-order valence-electron chi connectivity index (χ2n) is 8.57. The minimum atomic E-state index is -0.983. The fraction of sp³-hybridized carbons (Fsp3) is 0.565. The summed E-state index contributed by atoms with van der Waals surface area (Å²) in [6.07, 6.45) is 1.93. The van der Waals surface area contributed by atoms with E-state index >= 15 is 0 Å². The van der Waals surface area contributed by atoms with E-state index in [-0.39, 0.29) is 30.4 Å². The Kier molecular flexibility index (Phi) is 7.56. The number of carbonyl (C=O) groups excluding carboxylic acids is 1. The van der Waals surface area contributed by atoms with Crippen LogP contribution < -0.4 is 0 Å². The van der Waals surface area contributed by atoms with Crippen LogP contribution >= 0.6 is 0 Å². The molecule has 0 spiro atoms. The molecule has 2 N–H and O–H groups in total. The molecule has 0 unspecified atom stereocenters. The van der Waals surface area contributed by atoms with Gasteiger partial charge in [0.05, 0.1) is 0 Å². The Morgan fingerprint density at radius 3 is 2.61 bits per heavy atom. The number of likely N-dealkylation sites (tertiary alicyclic amines) is 1. The molecule has 31 heavy (non-hydrogen) atoms. The lowest BCUT2D eigenvalue weighted by Crippen LogP contribution is -2.42. The molecule has 1 aliphatic heterocycles. The van der Waals surface area contributed by atoms with Gasteiger partial charge in [0.15, 0.2) is 0 Å². The Bertz CT molecular complexity index is 910. The van der Waals surface area contributed by atoms with Crippen molar-refractivity contribution in [3.05, 3.63) is 36.0 Å². The zero-order valence-corrected chi connectivity index (χ0v) is 18.5. The Labute approximate surface area is 183 Å². The lowest BCUT2D eigenvalue weighted by Gasteiger charge is -2.31. The molecule has 2 heterocycles. The van der Waals surface area contributed by atoms with Gasteiger partial charge in [-0.05, 0) is 43.9 Å². The second kappa shape index (κ2) is 10.2. The number of methoxy groups -OCH3 is 1. The number of hydrogen-bond acceptors (Lipinski definition) is 4. The monoisotopic (exact) mass is 431 g/mol. The number of fused-ring (bicyclic) bond motifs is 1.